The molecule has 1 aliphatic rings. The number of rotatable bonds is 6. The van der Waals surface area contributed by atoms with Gasteiger partial charge < -0.3 is 5.32 Å². The Kier molecular flexibility index (Phi) is 4.06. The lowest BCUT2D eigenvalue weighted by Crippen LogP contribution is -2.37. The minimum Gasteiger partial charge on any atom is -0.313 e. The number of nitrogens with zero attached hydrogens (tertiary/aromatic N) is 1. The van der Waals surface area contributed by atoms with Crippen molar-refractivity contribution in [3.63, 3.8) is 0 Å². The van der Waals surface area contributed by atoms with Crippen LogP contribution in [0, 0.1) is 11.3 Å². The van der Waals surface area contributed by atoms with Crippen LogP contribution in [0.25, 0.3) is 0 Å². The molecule has 0 aromatic carbocycles. The number of aromatic nitrogens is 1. The van der Waals surface area contributed by atoms with Gasteiger partial charge in [0.25, 0.3) is 0 Å². The first-order valence-electron chi connectivity index (χ1n) is 7.20. The van der Waals surface area contributed by atoms with Crippen LogP contribution in [-0.2, 0) is 0 Å². The Labute approximate surface area is 111 Å². The molecule has 0 radical (unpaired) electrons. The zero-order chi connectivity index (χ0) is 13.2. The SMILES string of the molecule is CCCNC(C(C)c1ccccn1)C1CC1(C)C. The van der Waals surface area contributed by atoms with E-state index in [9.17, 15) is 0 Å². The molecular formula is C16H26N2. The van der Waals surface area contributed by atoms with Gasteiger partial charge >= 0.3 is 0 Å². The first-order valence-corrected chi connectivity index (χ1v) is 7.20. The zero-order valence-electron chi connectivity index (χ0n) is 12.1. The van der Waals surface area contributed by atoms with E-state index in [-0.39, 0.29) is 0 Å². The third kappa shape index (κ3) is 2.92. The van der Waals surface area contributed by atoms with Crippen LogP contribution in [0.2, 0.25) is 0 Å². The zero-order valence-corrected chi connectivity index (χ0v) is 12.1. The van der Waals surface area contributed by atoms with Crippen molar-refractivity contribution in [3.8, 4) is 0 Å². The quantitative estimate of drug-likeness (QED) is 0.829. The molecule has 1 aromatic rings. The molecule has 3 unspecified atom stereocenters. The fraction of sp³-hybridized carbons (Fsp3) is 0.688. The van der Waals surface area contributed by atoms with Crippen molar-refractivity contribution in [2.45, 2.75) is 52.5 Å². The van der Waals surface area contributed by atoms with Gasteiger partial charge in [0.2, 0.25) is 0 Å². The number of pyridine rings is 1. The second-order valence-electron chi connectivity index (χ2n) is 6.32. The summed E-state index contributed by atoms with van der Waals surface area (Å²) in [6, 6.07) is 6.80. The van der Waals surface area contributed by atoms with E-state index in [1.54, 1.807) is 0 Å². The summed E-state index contributed by atoms with van der Waals surface area (Å²) in [6.45, 7) is 10.4. The van der Waals surface area contributed by atoms with Crippen molar-refractivity contribution in [2.24, 2.45) is 11.3 Å². The van der Waals surface area contributed by atoms with Crippen LogP contribution in [0.1, 0.15) is 52.1 Å². The summed E-state index contributed by atoms with van der Waals surface area (Å²) in [4.78, 5) is 4.53. The van der Waals surface area contributed by atoms with Gasteiger partial charge in [-0.05, 0) is 42.9 Å². The number of hydrogen-bond acceptors (Lipinski definition) is 2. The molecule has 0 spiro atoms. The normalized spacial score (nSPS) is 24.6. The standard InChI is InChI=1S/C16H26N2/c1-5-9-18-15(13-11-16(13,3)4)12(2)14-8-6-7-10-17-14/h6-8,10,12-13,15,18H,5,9,11H2,1-4H3. The lowest BCUT2D eigenvalue weighted by Gasteiger charge is -2.26. The highest BCUT2D eigenvalue weighted by molar-refractivity contribution is 5.15. The Hall–Kier alpha value is -0.890. The van der Waals surface area contributed by atoms with Crippen molar-refractivity contribution in [1.29, 1.82) is 0 Å². The van der Waals surface area contributed by atoms with Crippen LogP contribution in [-0.4, -0.2) is 17.6 Å². The third-order valence-corrected chi connectivity index (χ3v) is 4.35. The predicted octanol–water partition coefficient (Wildman–Crippen LogP) is 3.60. The van der Waals surface area contributed by atoms with E-state index in [1.807, 2.05) is 12.3 Å². The first kappa shape index (κ1) is 13.5. The molecule has 2 nitrogen and oxygen atoms in total. The maximum Gasteiger partial charge on any atom is 0.0447 e. The van der Waals surface area contributed by atoms with Gasteiger partial charge in [-0.2, -0.15) is 0 Å². The van der Waals surface area contributed by atoms with E-state index in [0.717, 1.165) is 12.5 Å². The first-order chi connectivity index (χ1) is 8.56. The van der Waals surface area contributed by atoms with Gasteiger partial charge in [0.1, 0.15) is 0 Å². The Bertz CT molecular complexity index is 372. The molecule has 1 aliphatic carbocycles. The summed E-state index contributed by atoms with van der Waals surface area (Å²) in [5, 5.41) is 3.75. The van der Waals surface area contributed by atoms with Crippen molar-refractivity contribution < 1.29 is 0 Å². The molecule has 0 bridgehead atoms. The van der Waals surface area contributed by atoms with E-state index in [4.69, 9.17) is 0 Å². The van der Waals surface area contributed by atoms with Gasteiger partial charge in [0.05, 0.1) is 0 Å². The summed E-state index contributed by atoms with van der Waals surface area (Å²) < 4.78 is 0. The third-order valence-electron chi connectivity index (χ3n) is 4.35. The van der Waals surface area contributed by atoms with Gasteiger partial charge in [-0.15, -0.1) is 0 Å². The smallest absolute Gasteiger partial charge is 0.0447 e. The van der Waals surface area contributed by atoms with Crippen molar-refractivity contribution in [3.05, 3.63) is 30.1 Å². The highest BCUT2D eigenvalue weighted by Gasteiger charge is 2.51. The van der Waals surface area contributed by atoms with Crippen LogP contribution in [0.15, 0.2) is 24.4 Å². The maximum absolute atomic E-state index is 4.53. The molecule has 18 heavy (non-hydrogen) atoms. The van der Waals surface area contributed by atoms with Crippen molar-refractivity contribution in [1.82, 2.24) is 10.3 Å². The molecule has 1 fully saturated rings. The van der Waals surface area contributed by atoms with Crippen LogP contribution >= 0.6 is 0 Å². The van der Waals surface area contributed by atoms with Gasteiger partial charge in [-0.3, -0.25) is 4.98 Å². The number of hydrogen-bond donors (Lipinski definition) is 1. The van der Waals surface area contributed by atoms with Crippen molar-refractivity contribution in [2.75, 3.05) is 6.54 Å². The highest BCUT2D eigenvalue weighted by Crippen LogP contribution is 2.55. The van der Waals surface area contributed by atoms with E-state index >= 15 is 0 Å². The maximum atomic E-state index is 4.53. The molecule has 2 heteroatoms. The van der Waals surface area contributed by atoms with Crippen LogP contribution in [0.3, 0.4) is 0 Å². The molecule has 2 rings (SSSR count). The average Bonchev–Trinajstić information content (AvgIpc) is 2.99. The molecule has 100 valence electrons. The van der Waals surface area contributed by atoms with Crippen molar-refractivity contribution >= 4 is 0 Å². The molecule has 1 N–H and O–H groups in total. The molecule has 0 amide bonds. The Morgan fingerprint density at radius 1 is 1.44 bits per heavy atom. The highest BCUT2D eigenvalue weighted by atomic mass is 15.0. The predicted molar refractivity (Wildman–Crippen MR) is 76.6 cm³/mol. The summed E-state index contributed by atoms with van der Waals surface area (Å²) >= 11 is 0. The fourth-order valence-electron chi connectivity index (χ4n) is 2.93. The fourth-order valence-corrected chi connectivity index (χ4v) is 2.93. The summed E-state index contributed by atoms with van der Waals surface area (Å²) in [5.41, 5.74) is 1.72. The molecule has 1 heterocycles. The lowest BCUT2D eigenvalue weighted by molar-refractivity contribution is 0.359. The minimum atomic E-state index is 0.490. The van der Waals surface area contributed by atoms with E-state index in [0.29, 0.717) is 17.4 Å². The second-order valence-corrected chi connectivity index (χ2v) is 6.32. The molecule has 3 atom stereocenters. The van der Waals surface area contributed by atoms with E-state index in [1.165, 1.54) is 18.5 Å². The molecular weight excluding hydrogens is 220 g/mol. The van der Waals surface area contributed by atoms with Gasteiger partial charge in [-0.1, -0.05) is 33.8 Å². The molecule has 1 saturated carbocycles. The summed E-state index contributed by atoms with van der Waals surface area (Å²) in [7, 11) is 0. The van der Waals surface area contributed by atoms with E-state index < -0.39 is 0 Å². The molecule has 0 saturated heterocycles. The van der Waals surface area contributed by atoms with Gasteiger partial charge in [-0.25, -0.2) is 0 Å². The number of nitrogens with one attached hydrogen (secondary N) is 1. The van der Waals surface area contributed by atoms with Gasteiger partial charge in [0.15, 0.2) is 0 Å². The Morgan fingerprint density at radius 3 is 2.67 bits per heavy atom. The lowest BCUT2D eigenvalue weighted by atomic mass is 9.90. The average molecular weight is 246 g/mol. The van der Waals surface area contributed by atoms with Crippen LogP contribution < -0.4 is 5.32 Å². The summed E-state index contributed by atoms with van der Waals surface area (Å²) in [6.07, 6.45) is 4.44. The largest absolute Gasteiger partial charge is 0.313 e. The monoisotopic (exact) mass is 246 g/mol. The minimum absolute atomic E-state index is 0.490. The molecule has 0 aliphatic heterocycles. The van der Waals surface area contributed by atoms with Crippen LogP contribution in [0.5, 0.6) is 0 Å². The Balaban J connectivity index is 2.09. The summed E-state index contributed by atoms with van der Waals surface area (Å²) in [5.74, 6) is 1.28. The van der Waals surface area contributed by atoms with E-state index in [2.05, 4.69) is 50.1 Å². The second kappa shape index (κ2) is 5.40. The van der Waals surface area contributed by atoms with Gasteiger partial charge in [0, 0.05) is 23.9 Å². The Morgan fingerprint density at radius 2 is 2.17 bits per heavy atom. The topological polar surface area (TPSA) is 24.9 Å². The molecule has 1 aromatic heterocycles. The van der Waals surface area contributed by atoms with Crippen LogP contribution in [0.4, 0.5) is 0 Å².